The molecule has 1 aromatic rings. The minimum absolute atomic E-state index is 0.0438. The summed E-state index contributed by atoms with van der Waals surface area (Å²) in [5.41, 5.74) is -0.167. The van der Waals surface area contributed by atoms with E-state index in [1.54, 1.807) is 13.0 Å². The van der Waals surface area contributed by atoms with Gasteiger partial charge in [-0.15, -0.1) is 0 Å². The summed E-state index contributed by atoms with van der Waals surface area (Å²) in [7, 11) is 0. The maximum absolute atomic E-state index is 13.9. The van der Waals surface area contributed by atoms with Gasteiger partial charge >= 0.3 is 0 Å². The van der Waals surface area contributed by atoms with Gasteiger partial charge < -0.3 is 15.2 Å². The second kappa shape index (κ2) is 6.10. The summed E-state index contributed by atoms with van der Waals surface area (Å²) in [6.07, 6.45) is 2.38. The minimum atomic E-state index is -0.969. The number of nitrogens with one attached hydrogen (secondary N) is 1. The standard InChI is InChI=1S/C16H24FNO2/c1-11(2)16(3,19)10-20-15-12(5-4-6-14(15)17)9-18-13-7-8-13/h4-6,11,13,18-19H,7-10H2,1-3H3. The summed E-state index contributed by atoms with van der Waals surface area (Å²) >= 11 is 0. The molecule has 0 bridgehead atoms. The van der Waals surface area contributed by atoms with Crippen molar-refractivity contribution in [3.63, 3.8) is 0 Å². The highest BCUT2D eigenvalue weighted by atomic mass is 19.1. The van der Waals surface area contributed by atoms with E-state index < -0.39 is 5.60 Å². The first kappa shape index (κ1) is 15.3. The molecule has 0 saturated heterocycles. The normalized spacial score (nSPS) is 18.1. The van der Waals surface area contributed by atoms with Gasteiger partial charge in [0.1, 0.15) is 6.61 Å². The number of rotatable bonds is 7. The van der Waals surface area contributed by atoms with Crippen LogP contribution in [-0.2, 0) is 6.54 Å². The van der Waals surface area contributed by atoms with Gasteiger partial charge in [-0.3, -0.25) is 0 Å². The van der Waals surface area contributed by atoms with Crippen molar-refractivity contribution in [2.24, 2.45) is 5.92 Å². The fourth-order valence-electron chi connectivity index (χ4n) is 1.78. The summed E-state index contributed by atoms with van der Waals surface area (Å²) in [5.74, 6) is -0.0801. The summed E-state index contributed by atoms with van der Waals surface area (Å²) in [5, 5.41) is 13.6. The molecule has 20 heavy (non-hydrogen) atoms. The van der Waals surface area contributed by atoms with Crippen LogP contribution in [0, 0.1) is 11.7 Å². The first-order valence-electron chi connectivity index (χ1n) is 7.26. The first-order valence-corrected chi connectivity index (χ1v) is 7.26. The fraction of sp³-hybridized carbons (Fsp3) is 0.625. The van der Waals surface area contributed by atoms with Crippen LogP contribution in [0.2, 0.25) is 0 Å². The second-order valence-corrected chi connectivity index (χ2v) is 6.18. The van der Waals surface area contributed by atoms with E-state index in [1.807, 2.05) is 19.9 Å². The van der Waals surface area contributed by atoms with Crippen LogP contribution < -0.4 is 10.1 Å². The Labute approximate surface area is 120 Å². The van der Waals surface area contributed by atoms with E-state index in [9.17, 15) is 9.50 Å². The van der Waals surface area contributed by atoms with Gasteiger partial charge in [0.15, 0.2) is 11.6 Å². The van der Waals surface area contributed by atoms with Gasteiger partial charge in [0, 0.05) is 18.2 Å². The van der Waals surface area contributed by atoms with Crippen molar-refractivity contribution < 1.29 is 14.2 Å². The van der Waals surface area contributed by atoms with Crippen LogP contribution in [0.5, 0.6) is 5.75 Å². The molecule has 3 nitrogen and oxygen atoms in total. The highest BCUT2D eigenvalue weighted by molar-refractivity contribution is 5.35. The van der Waals surface area contributed by atoms with Crippen molar-refractivity contribution in [3.8, 4) is 5.75 Å². The van der Waals surface area contributed by atoms with Gasteiger partial charge in [0.2, 0.25) is 0 Å². The van der Waals surface area contributed by atoms with Crippen LogP contribution in [0.1, 0.15) is 39.2 Å². The SMILES string of the molecule is CC(C)C(C)(O)COc1c(F)cccc1CNC1CC1. The predicted octanol–water partition coefficient (Wildman–Crippen LogP) is 2.86. The highest BCUT2D eigenvalue weighted by Crippen LogP contribution is 2.27. The minimum Gasteiger partial charge on any atom is -0.487 e. The average molecular weight is 281 g/mol. The molecule has 0 spiro atoms. The maximum Gasteiger partial charge on any atom is 0.165 e. The molecular weight excluding hydrogens is 257 g/mol. The molecule has 0 aromatic heterocycles. The van der Waals surface area contributed by atoms with Crippen LogP contribution in [0.15, 0.2) is 18.2 Å². The molecule has 1 saturated carbocycles. The van der Waals surface area contributed by atoms with E-state index in [0.717, 1.165) is 5.56 Å². The average Bonchev–Trinajstić information content (AvgIpc) is 3.19. The Balaban J connectivity index is 2.04. The van der Waals surface area contributed by atoms with Crippen molar-refractivity contribution in [3.05, 3.63) is 29.6 Å². The molecule has 1 atom stereocenters. The Morgan fingerprint density at radius 3 is 2.75 bits per heavy atom. The molecule has 0 heterocycles. The lowest BCUT2D eigenvalue weighted by molar-refractivity contribution is -0.0277. The zero-order valence-corrected chi connectivity index (χ0v) is 12.4. The van der Waals surface area contributed by atoms with E-state index in [2.05, 4.69) is 5.32 Å². The highest BCUT2D eigenvalue weighted by Gasteiger charge is 2.27. The van der Waals surface area contributed by atoms with Gasteiger partial charge in [-0.1, -0.05) is 26.0 Å². The molecule has 0 radical (unpaired) electrons. The molecule has 1 aliphatic carbocycles. The van der Waals surface area contributed by atoms with Gasteiger partial charge in [0.25, 0.3) is 0 Å². The zero-order chi connectivity index (χ0) is 14.8. The summed E-state index contributed by atoms with van der Waals surface area (Å²) in [6, 6.07) is 5.50. The van der Waals surface area contributed by atoms with E-state index >= 15 is 0 Å². The van der Waals surface area contributed by atoms with Gasteiger partial charge in [0.05, 0.1) is 5.60 Å². The molecule has 1 aliphatic rings. The van der Waals surface area contributed by atoms with Crippen LogP contribution in [0.4, 0.5) is 4.39 Å². The molecular formula is C16H24FNO2. The van der Waals surface area contributed by atoms with Crippen LogP contribution >= 0.6 is 0 Å². The molecule has 1 fully saturated rings. The largest absolute Gasteiger partial charge is 0.487 e. The van der Waals surface area contributed by atoms with E-state index in [-0.39, 0.29) is 24.1 Å². The van der Waals surface area contributed by atoms with Crippen molar-refractivity contribution in [1.29, 1.82) is 0 Å². The lowest BCUT2D eigenvalue weighted by atomic mass is 9.94. The molecule has 2 N–H and O–H groups in total. The number of halogens is 1. The van der Waals surface area contributed by atoms with Crippen molar-refractivity contribution in [1.82, 2.24) is 5.32 Å². The van der Waals surface area contributed by atoms with Crippen LogP contribution in [-0.4, -0.2) is 23.4 Å². The fourth-order valence-corrected chi connectivity index (χ4v) is 1.78. The molecule has 0 amide bonds. The van der Waals surface area contributed by atoms with Gasteiger partial charge in [-0.05, 0) is 31.7 Å². The quantitative estimate of drug-likeness (QED) is 0.807. The third-order valence-corrected chi connectivity index (χ3v) is 3.96. The topological polar surface area (TPSA) is 41.5 Å². The molecule has 112 valence electrons. The van der Waals surface area contributed by atoms with Crippen molar-refractivity contribution in [2.75, 3.05) is 6.61 Å². The number of aliphatic hydroxyl groups is 1. The van der Waals surface area contributed by atoms with E-state index in [0.29, 0.717) is 12.6 Å². The number of benzene rings is 1. The predicted molar refractivity (Wildman–Crippen MR) is 77.2 cm³/mol. The number of para-hydroxylation sites is 1. The Hall–Kier alpha value is -1.13. The van der Waals surface area contributed by atoms with Gasteiger partial charge in [-0.2, -0.15) is 0 Å². The van der Waals surface area contributed by atoms with Crippen molar-refractivity contribution in [2.45, 2.75) is 51.8 Å². The summed E-state index contributed by atoms with van der Waals surface area (Å²) < 4.78 is 19.5. The lowest BCUT2D eigenvalue weighted by Gasteiger charge is -2.28. The third-order valence-electron chi connectivity index (χ3n) is 3.96. The van der Waals surface area contributed by atoms with Crippen LogP contribution in [0.25, 0.3) is 0 Å². The third kappa shape index (κ3) is 3.93. The molecule has 0 aliphatic heterocycles. The molecule has 1 unspecified atom stereocenters. The number of hydrogen-bond donors (Lipinski definition) is 2. The Morgan fingerprint density at radius 2 is 2.15 bits per heavy atom. The Morgan fingerprint density at radius 1 is 1.45 bits per heavy atom. The summed E-state index contributed by atoms with van der Waals surface area (Å²) in [4.78, 5) is 0. The first-order chi connectivity index (χ1) is 9.40. The molecule has 4 heteroatoms. The van der Waals surface area contributed by atoms with Crippen molar-refractivity contribution >= 4 is 0 Å². The maximum atomic E-state index is 13.9. The monoisotopic (exact) mass is 281 g/mol. The van der Waals surface area contributed by atoms with E-state index in [4.69, 9.17) is 4.74 Å². The van der Waals surface area contributed by atoms with E-state index in [1.165, 1.54) is 18.9 Å². The molecule has 2 rings (SSSR count). The molecule has 1 aromatic carbocycles. The Kier molecular flexibility index (Phi) is 4.66. The van der Waals surface area contributed by atoms with Gasteiger partial charge in [-0.25, -0.2) is 4.39 Å². The smallest absolute Gasteiger partial charge is 0.165 e. The number of hydrogen-bond acceptors (Lipinski definition) is 3. The lowest BCUT2D eigenvalue weighted by Crippen LogP contribution is -2.38. The summed E-state index contributed by atoms with van der Waals surface area (Å²) in [6.45, 7) is 6.23. The Bertz CT molecular complexity index is 456. The zero-order valence-electron chi connectivity index (χ0n) is 12.4. The van der Waals surface area contributed by atoms with Crippen LogP contribution in [0.3, 0.4) is 0 Å². The number of ether oxygens (including phenoxy) is 1. The second-order valence-electron chi connectivity index (χ2n) is 6.18.